The van der Waals surface area contributed by atoms with E-state index >= 15 is 0 Å². The van der Waals surface area contributed by atoms with Crippen LogP contribution in [-0.4, -0.2) is 64.8 Å². The Labute approximate surface area is 293 Å². The van der Waals surface area contributed by atoms with Gasteiger partial charge >= 0.3 is 6.16 Å². The first-order valence-corrected chi connectivity index (χ1v) is 20.1. The molecule has 4 bridgehead atoms. The van der Waals surface area contributed by atoms with E-state index in [1.165, 1.54) is 67.3 Å². The van der Waals surface area contributed by atoms with Crippen molar-refractivity contribution in [2.24, 2.45) is 35.5 Å². The summed E-state index contributed by atoms with van der Waals surface area (Å²) in [5.74, 6) is 5.67. The van der Waals surface area contributed by atoms with Gasteiger partial charge in [-0.3, -0.25) is 4.90 Å². The number of rotatable bonds is 6. The Balaban J connectivity index is 0.826. The summed E-state index contributed by atoms with van der Waals surface area (Å²) in [7, 11) is 0. The van der Waals surface area contributed by atoms with Crippen LogP contribution in [0.3, 0.4) is 0 Å². The van der Waals surface area contributed by atoms with Crippen LogP contribution in [0.25, 0.3) is 0 Å². The highest BCUT2D eigenvalue weighted by atomic mass is 16.7. The molecule has 12 rings (SSSR count). The number of benzene rings is 2. The fraction of sp³-hybridized carbons (Fsp3) is 0.690. The minimum absolute atomic E-state index is 0.195. The number of carbonyl (C=O) groups excluding carboxylic acids is 1. The number of phenols is 2. The van der Waals surface area contributed by atoms with Crippen LogP contribution in [0.2, 0.25) is 0 Å². The first-order valence-electron chi connectivity index (χ1n) is 20.1. The van der Waals surface area contributed by atoms with Crippen molar-refractivity contribution in [3.63, 3.8) is 0 Å². The SMILES string of the molecule is O=C(O[C@H]1CC[C@H]2[C@H]3Cc4ccc(O)c5c4C2(CCC3CC2CC2)[C@H]1O5)O[C@H]1CC[C@H]2C3Cc4ccc(O)c5c4[C@@]2(CCN3CC2CC2)[C@H]1O5. The Morgan fingerprint density at radius 3 is 2.02 bits per heavy atom. The Hall–Kier alpha value is -3.13. The number of hydrogen-bond donors (Lipinski definition) is 2. The summed E-state index contributed by atoms with van der Waals surface area (Å²) in [6, 6.07) is 8.30. The maximum Gasteiger partial charge on any atom is 0.509 e. The molecule has 2 N–H and O–H groups in total. The minimum Gasteiger partial charge on any atom is -0.504 e. The number of piperidine rings is 1. The molecule has 0 radical (unpaired) electrons. The van der Waals surface area contributed by atoms with Gasteiger partial charge in [-0.05, 0) is 142 Å². The van der Waals surface area contributed by atoms with E-state index in [4.69, 9.17) is 18.9 Å². The molecule has 0 amide bonds. The summed E-state index contributed by atoms with van der Waals surface area (Å²) < 4.78 is 26.3. The van der Waals surface area contributed by atoms with Crippen LogP contribution in [0.1, 0.15) is 99.3 Å². The normalized spacial score (nSPS) is 42.5. The number of aromatic hydroxyl groups is 2. The average molecular weight is 680 g/mol. The van der Waals surface area contributed by atoms with E-state index in [1.54, 1.807) is 6.07 Å². The van der Waals surface area contributed by atoms with Gasteiger partial charge in [0.2, 0.25) is 0 Å². The van der Waals surface area contributed by atoms with Crippen molar-refractivity contribution in [2.75, 3.05) is 13.1 Å². The fourth-order valence-corrected chi connectivity index (χ4v) is 13.9. The lowest BCUT2D eigenvalue weighted by Crippen LogP contribution is -2.67. The van der Waals surface area contributed by atoms with Crippen LogP contribution >= 0.6 is 0 Å². The van der Waals surface area contributed by atoms with E-state index < -0.39 is 18.4 Å². The molecule has 3 aliphatic heterocycles. The van der Waals surface area contributed by atoms with E-state index in [2.05, 4.69) is 17.0 Å². The fourth-order valence-electron chi connectivity index (χ4n) is 13.9. The highest BCUT2D eigenvalue weighted by Gasteiger charge is 2.69. The zero-order valence-electron chi connectivity index (χ0n) is 28.9. The van der Waals surface area contributed by atoms with Crippen molar-refractivity contribution >= 4 is 6.16 Å². The van der Waals surface area contributed by atoms with Crippen LogP contribution in [0.15, 0.2) is 24.3 Å². The second-order valence-corrected chi connectivity index (χ2v) is 18.3. The lowest BCUT2D eigenvalue weighted by Gasteiger charge is -2.59. The molecule has 3 heterocycles. The number of phenolic OH excluding ortho intramolecular Hbond substituents is 2. The third-order valence-corrected chi connectivity index (χ3v) is 16.1. The summed E-state index contributed by atoms with van der Waals surface area (Å²) >= 11 is 0. The molecule has 2 aromatic carbocycles. The first-order chi connectivity index (χ1) is 24.4. The molecule has 6 fully saturated rings. The predicted molar refractivity (Wildman–Crippen MR) is 183 cm³/mol. The number of hydrogen-bond acceptors (Lipinski definition) is 8. The van der Waals surface area contributed by atoms with E-state index in [-0.39, 0.29) is 34.5 Å². The Morgan fingerprint density at radius 2 is 1.36 bits per heavy atom. The maximum atomic E-state index is 14.0. The Morgan fingerprint density at radius 1 is 0.740 bits per heavy atom. The molecule has 2 spiro atoms. The van der Waals surface area contributed by atoms with Crippen LogP contribution in [0.4, 0.5) is 4.79 Å². The zero-order valence-corrected chi connectivity index (χ0v) is 28.9. The van der Waals surface area contributed by atoms with Gasteiger partial charge in [0.05, 0.1) is 0 Å². The largest absolute Gasteiger partial charge is 0.509 e. The van der Waals surface area contributed by atoms with Crippen LogP contribution in [0.5, 0.6) is 23.0 Å². The van der Waals surface area contributed by atoms with Crippen molar-refractivity contribution in [3.05, 3.63) is 46.5 Å². The lowest BCUT2D eigenvalue weighted by atomic mass is 9.45. The molecule has 7 aliphatic carbocycles. The first kappa shape index (κ1) is 29.4. The van der Waals surface area contributed by atoms with Crippen molar-refractivity contribution in [1.82, 2.24) is 4.90 Å². The smallest absolute Gasteiger partial charge is 0.504 e. The van der Waals surface area contributed by atoms with Gasteiger partial charge in [0.1, 0.15) is 24.4 Å². The summed E-state index contributed by atoms with van der Waals surface area (Å²) in [5.41, 5.74) is 4.54. The van der Waals surface area contributed by atoms with E-state index in [9.17, 15) is 15.0 Å². The van der Waals surface area contributed by atoms with Gasteiger partial charge in [-0.15, -0.1) is 0 Å². The van der Waals surface area contributed by atoms with E-state index in [1.807, 2.05) is 6.07 Å². The van der Waals surface area contributed by atoms with Crippen molar-refractivity contribution in [3.8, 4) is 23.0 Å². The number of nitrogens with zero attached hydrogens (tertiary/aromatic N) is 1. The third-order valence-electron chi connectivity index (χ3n) is 16.1. The van der Waals surface area contributed by atoms with Crippen molar-refractivity contribution in [1.29, 1.82) is 0 Å². The van der Waals surface area contributed by atoms with Gasteiger partial charge in [0.25, 0.3) is 0 Å². The van der Waals surface area contributed by atoms with Crippen molar-refractivity contribution < 1.29 is 34.0 Å². The number of likely N-dealkylation sites (tertiary alicyclic amines) is 1. The molecular weight excluding hydrogens is 630 g/mol. The molecular formula is C42H49NO7. The highest BCUT2D eigenvalue weighted by Crippen LogP contribution is 2.68. The predicted octanol–water partition coefficient (Wildman–Crippen LogP) is 6.93. The van der Waals surface area contributed by atoms with Gasteiger partial charge in [0.15, 0.2) is 23.0 Å². The topological polar surface area (TPSA) is 97.7 Å². The minimum atomic E-state index is -0.633. The molecule has 8 heteroatoms. The molecule has 2 aromatic rings. The molecule has 0 aromatic heterocycles. The summed E-state index contributed by atoms with van der Waals surface area (Å²) in [4.78, 5) is 16.8. The molecule has 10 aliphatic rings. The summed E-state index contributed by atoms with van der Waals surface area (Å²) in [6.07, 6.45) is 13.4. The maximum absolute atomic E-state index is 14.0. The third kappa shape index (κ3) is 3.79. The van der Waals surface area contributed by atoms with Crippen LogP contribution in [0, 0.1) is 35.5 Å². The van der Waals surface area contributed by atoms with Crippen molar-refractivity contribution in [2.45, 2.75) is 131 Å². The summed E-state index contributed by atoms with van der Waals surface area (Å²) in [6.45, 7) is 2.21. The Kier molecular flexibility index (Phi) is 5.92. The van der Waals surface area contributed by atoms with Crippen LogP contribution < -0.4 is 9.47 Å². The molecule has 3 unspecified atom stereocenters. The van der Waals surface area contributed by atoms with E-state index in [0.29, 0.717) is 35.3 Å². The quantitative estimate of drug-likeness (QED) is 0.318. The molecule has 8 nitrogen and oxygen atoms in total. The van der Waals surface area contributed by atoms with Gasteiger partial charge in [-0.2, -0.15) is 0 Å². The van der Waals surface area contributed by atoms with Gasteiger partial charge in [0, 0.05) is 34.5 Å². The zero-order chi connectivity index (χ0) is 33.1. The molecule has 5 saturated carbocycles. The molecule has 11 atom stereocenters. The highest BCUT2D eigenvalue weighted by molar-refractivity contribution is 5.64. The standard InChI is InChI=1S/C42H49NO7/c44-30-9-5-24-18-26-23(17-21-1-2-21)13-14-41-27(26)7-11-32(38(41)49-36(30)34(24)41)47-40(46)48-33-12-8-28-29-19-25-6-10-31(45)37-35(25)42(28,39(33)50-37)15-16-43(29)20-22-3-4-22/h5-6,9-10,21-23,26-29,32-33,38-39,44-45H,1-4,7-8,11-20H2/t23?,26-,27-,28-,29?,32-,33-,38-,39-,41?,42-/m0/s1. The van der Waals surface area contributed by atoms with E-state index in [0.717, 1.165) is 75.7 Å². The average Bonchev–Trinajstić information content (AvgIpc) is 4.04. The summed E-state index contributed by atoms with van der Waals surface area (Å²) in [5, 5.41) is 22.1. The van der Waals surface area contributed by atoms with Crippen LogP contribution in [-0.2, 0) is 33.1 Å². The van der Waals surface area contributed by atoms with Gasteiger partial charge < -0.3 is 29.2 Å². The lowest BCUT2D eigenvalue weighted by molar-refractivity contribution is -0.138. The monoisotopic (exact) mass is 679 g/mol. The molecule has 1 saturated heterocycles. The second-order valence-electron chi connectivity index (χ2n) is 18.3. The van der Waals surface area contributed by atoms with Gasteiger partial charge in [-0.1, -0.05) is 25.0 Å². The number of ether oxygens (including phenoxy) is 4. The number of carbonyl (C=O) groups is 1. The molecule has 264 valence electrons. The molecule has 50 heavy (non-hydrogen) atoms. The second kappa shape index (κ2) is 10.0. The van der Waals surface area contributed by atoms with Gasteiger partial charge in [-0.25, -0.2) is 4.79 Å². The Bertz CT molecular complexity index is 1670.